The fourth-order valence-corrected chi connectivity index (χ4v) is 2.78. The van der Waals surface area contributed by atoms with Crippen molar-refractivity contribution in [1.82, 2.24) is 15.1 Å². The normalized spacial score (nSPS) is 16.1. The second kappa shape index (κ2) is 6.44. The quantitative estimate of drug-likeness (QED) is 0.844. The van der Waals surface area contributed by atoms with Crippen molar-refractivity contribution >= 4 is 0 Å². The number of hydrogen-bond acceptors (Lipinski definition) is 2. The highest BCUT2D eigenvalue weighted by Crippen LogP contribution is 2.24. The van der Waals surface area contributed by atoms with Crippen LogP contribution in [0, 0.1) is 0 Å². The van der Waals surface area contributed by atoms with Gasteiger partial charge in [-0.2, -0.15) is 5.10 Å². The highest BCUT2D eigenvalue weighted by atomic mass is 15.3. The first-order chi connectivity index (χ1) is 10.3. The van der Waals surface area contributed by atoms with Gasteiger partial charge in [0.1, 0.15) is 0 Å². The summed E-state index contributed by atoms with van der Waals surface area (Å²) in [4.78, 5) is 0. The molecule has 1 aliphatic rings. The molecule has 1 N–H and O–H groups in total. The Kier molecular flexibility index (Phi) is 4.39. The average molecular weight is 283 g/mol. The molecule has 0 aliphatic heterocycles. The molecule has 1 unspecified atom stereocenters. The molecule has 0 bridgehead atoms. The summed E-state index contributed by atoms with van der Waals surface area (Å²) in [7, 11) is 0. The number of rotatable bonds is 7. The van der Waals surface area contributed by atoms with E-state index in [-0.39, 0.29) is 0 Å². The van der Waals surface area contributed by atoms with Crippen LogP contribution in [0.2, 0.25) is 0 Å². The summed E-state index contributed by atoms with van der Waals surface area (Å²) in [5.74, 6) is 0. The minimum atomic E-state index is 0.294. The topological polar surface area (TPSA) is 29.9 Å². The number of aryl methyl sites for hydroxylation is 2. The fourth-order valence-electron chi connectivity index (χ4n) is 2.78. The van der Waals surface area contributed by atoms with E-state index in [2.05, 4.69) is 60.2 Å². The summed E-state index contributed by atoms with van der Waals surface area (Å²) in [6, 6.07) is 14.0. The van der Waals surface area contributed by atoms with E-state index >= 15 is 0 Å². The van der Waals surface area contributed by atoms with Crippen LogP contribution in [0.3, 0.4) is 0 Å². The number of hydrogen-bond donors (Lipinski definition) is 1. The molecule has 1 saturated carbocycles. The van der Waals surface area contributed by atoms with E-state index in [1.807, 2.05) is 0 Å². The van der Waals surface area contributed by atoms with E-state index in [1.54, 1.807) is 0 Å². The zero-order valence-electron chi connectivity index (χ0n) is 13.0. The van der Waals surface area contributed by atoms with Gasteiger partial charge in [0.15, 0.2) is 0 Å². The van der Waals surface area contributed by atoms with Gasteiger partial charge in [0, 0.05) is 18.3 Å². The van der Waals surface area contributed by atoms with Gasteiger partial charge in [0.2, 0.25) is 0 Å². The lowest BCUT2D eigenvalue weighted by atomic mass is 10.1. The zero-order chi connectivity index (χ0) is 14.7. The molecule has 0 amide bonds. The van der Waals surface area contributed by atoms with Crippen molar-refractivity contribution in [2.45, 2.75) is 51.6 Å². The van der Waals surface area contributed by atoms with Crippen molar-refractivity contribution in [3.8, 4) is 0 Å². The summed E-state index contributed by atoms with van der Waals surface area (Å²) >= 11 is 0. The molecular weight excluding hydrogens is 258 g/mol. The third-order valence-corrected chi connectivity index (χ3v) is 4.24. The largest absolute Gasteiger partial charge is 0.312 e. The van der Waals surface area contributed by atoms with Crippen LogP contribution in [0.15, 0.2) is 36.4 Å². The van der Waals surface area contributed by atoms with Gasteiger partial charge in [-0.1, -0.05) is 44.2 Å². The summed E-state index contributed by atoms with van der Waals surface area (Å²) < 4.78 is 2.24. The van der Waals surface area contributed by atoms with E-state index in [9.17, 15) is 0 Å². The van der Waals surface area contributed by atoms with Gasteiger partial charge in [-0.05, 0) is 37.3 Å². The summed E-state index contributed by atoms with van der Waals surface area (Å²) in [5.41, 5.74) is 3.86. The predicted octanol–water partition coefficient (Wildman–Crippen LogP) is 3.35. The minimum Gasteiger partial charge on any atom is -0.312 e. The molecule has 2 aromatic rings. The van der Waals surface area contributed by atoms with E-state index in [0.29, 0.717) is 6.04 Å². The molecule has 3 rings (SSSR count). The zero-order valence-corrected chi connectivity index (χ0v) is 13.0. The molecule has 1 fully saturated rings. The Morgan fingerprint density at radius 2 is 1.95 bits per heavy atom. The number of nitrogens with one attached hydrogen (secondary N) is 1. The van der Waals surface area contributed by atoms with E-state index in [0.717, 1.165) is 25.4 Å². The molecule has 1 aliphatic carbocycles. The van der Waals surface area contributed by atoms with Crippen LogP contribution in [-0.4, -0.2) is 22.4 Å². The number of aromatic nitrogens is 2. The molecule has 0 spiro atoms. The van der Waals surface area contributed by atoms with Gasteiger partial charge in [-0.15, -0.1) is 0 Å². The van der Waals surface area contributed by atoms with Gasteiger partial charge in [-0.3, -0.25) is 4.68 Å². The highest BCUT2D eigenvalue weighted by Gasteiger charge is 2.24. The summed E-state index contributed by atoms with van der Waals surface area (Å²) in [6.45, 7) is 5.35. The van der Waals surface area contributed by atoms with Crippen LogP contribution >= 0.6 is 0 Å². The average Bonchev–Trinajstić information content (AvgIpc) is 3.26. The number of nitrogens with zero attached hydrogens (tertiary/aromatic N) is 2. The van der Waals surface area contributed by atoms with Crippen LogP contribution in [0.5, 0.6) is 0 Å². The Bertz CT molecular complexity index is 569. The van der Waals surface area contributed by atoms with Crippen molar-refractivity contribution < 1.29 is 0 Å². The predicted molar refractivity (Wildman–Crippen MR) is 86.6 cm³/mol. The van der Waals surface area contributed by atoms with Gasteiger partial charge in [0.05, 0.1) is 11.7 Å². The van der Waals surface area contributed by atoms with Crippen LogP contribution < -0.4 is 5.32 Å². The molecular formula is C18H25N3. The smallest absolute Gasteiger partial charge is 0.0896 e. The van der Waals surface area contributed by atoms with Gasteiger partial charge in [-0.25, -0.2) is 0 Å². The molecule has 21 heavy (non-hydrogen) atoms. The first-order valence-electron chi connectivity index (χ1n) is 8.17. The molecule has 0 saturated heterocycles. The minimum absolute atomic E-state index is 0.294. The second-order valence-electron chi connectivity index (χ2n) is 5.89. The van der Waals surface area contributed by atoms with Crippen LogP contribution in [-0.2, 0) is 12.8 Å². The lowest BCUT2D eigenvalue weighted by molar-refractivity contribution is 0.462. The van der Waals surface area contributed by atoms with E-state index in [1.165, 1.54) is 29.8 Å². The molecule has 1 atom stereocenters. The Balaban J connectivity index is 1.91. The lowest BCUT2D eigenvalue weighted by Crippen LogP contribution is -2.29. The first kappa shape index (κ1) is 14.3. The Morgan fingerprint density at radius 3 is 2.57 bits per heavy atom. The molecule has 1 heterocycles. The van der Waals surface area contributed by atoms with Gasteiger partial charge in [0.25, 0.3) is 0 Å². The third-order valence-electron chi connectivity index (χ3n) is 4.24. The second-order valence-corrected chi connectivity index (χ2v) is 5.89. The Morgan fingerprint density at radius 1 is 1.19 bits per heavy atom. The first-order valence-corrected chi connectivity index (χ1v) is 8.17. The fraction of sp³-hybridized carbons (Fsp3) is 0.500. The maximum atomic E-state index is 4.85. The maximum absolute atomic E-state index is 4.85. The lowest BCUT2D eigenvalue weighted by Gasteiger charge is -2.21. The highest BCUT2D eigenvalue weighted by molar-refractivity contribution is 5.23. The molecule has 3 nitrogen and oxygen atoms in total. The molecule has 112 valence electrons. The van der Waals surface area contributed by atoms with Gasteiger partial charge >= 0.3 is 0 Å². The molecule has 1 aromatic heterocycles. The van der Waals surface area contributed by atoms with Crippen LogP contribution in [0.1, 0.15) is 49.7 Å². The van der Waals surface area contributed by atoms with Crippen molar-refractivity contribution in [3.05, 3.63) is 53.3 Å². The maximum Gasteiger partial charge on any atom is 0.0896 e. The monoisotopic (exact) mass is 283 g/mol. The van der Waals surface area contributed by atoms with Crippen molar-refractivity contribution in [3.63, 3.8) is 0 Å². The standard InChI is InChI=1S/C18H25N3/c1-3-15-12-17(4-2)21(20-15)18(13-19-16-10-11-16)14-8-6-5-7-9-14/h5-9,12,16,18-19H,3-4,10-11,13H2,1-2H3. The molecule has 1 aromatic carbocycles. The Hall–Kier alpha value is -1.61. The van der Waals surface area contributed by atoms with Crippen molar-refractivity contribution in [2.24, 2.45) is 0 Å². The van der Waals surface area contributed by atoms with Crippen molar-refractivity contribution in [2.75, 3.05) is 6.54 Å². The summed E-state index contributed by atoms with van der Waals surface area (Å²) in [5, 5.41) is 8.52. The van der Waals surface area contributed by atoms with E-state index in [4.69, 9.17) is 5.10 Å². The molecule has 0 radical (unpaired) electrons. The third kappa shape index (κ3) is 3.35. The van der Waals surface area contributed by atoms with Crippen molar-refractivity contribution in [1.29, 1.82) is 0 Å². The van der Waals surface area contributed by atoms with Gasteiger partial charge < -0.3 is 5.32 Å². The SMILES string of the molecule is CCc1cc(CC)n(C(CNC2CC2)c2ccccc2)n1. The molecule has 3 heteroatoms. The number of benzene rings is 1. The van der Waals surface area contributed by atoms with Crippen LogP contribution in [0.25, 0.3) is 0 Å². The summed E-state index contributed by atoms with van der Waals surface area (Å²) in [6.07, 6.45) is 4.67. The Labute approximate surface area is 127 Å². The van der Waals surface area contributed by atoms with E-state index < -0.39 is 0 Å². The van der Waals surface area contributed by atoms with Crippen LogP contribution in [0.4, 0.5) is 0 Å².